The summed E-state index contributed by atoms with van der Waals surface area (Å²) in [5, 5.41) is 0. The third kappa shape index (κ3) is 4.99. The van der Waals surface area contributed by atoms with Crippen LogP contribution in [-0.4, -0.2) is 29.0 Å². The summed E-state index contributed by atoms with van der Waals surface area (Å²) in [6.07, 6.45) is 3.39. The number of carbonyl (C=O) groups excluding carboxylic acids is 2. The molecule has 0 spiro atoms. The molecule has 116 valence electrons. The van der Waals surface area contributed by atoms with Gasteiger partial charge in [0.15, 0.2) is 0 Å². The summed E-state index contributed by atoms with van der Waals surface area (Å²) >= 11 is 0. The number of piperidine rings is 1. The molecule has 0 aromatic carbocycles. The number of allylic oxidation sites excluding steroid dienone is 1. The predicted molar refractivity (Wildman–Crippen MR) is 81.5 cm³/mol. The van der Waals surface area contributed by atoms with Crippen molar-refractivity contribution in [2.75, 3.05) is 6.54 Å². The lowest BCUT2D eigenvalue weighted by molar-refractivity contribution is -0.143. The van der Waals surface area contributed by atoms with Crippen molar-refractivity contribution in [1.82, 2.24) is 4.90 Å². The van der Waals surface area contributed by atoms with E-state index in [2.05, 4.69) is 6.58 Å². The first-order valence-electron chi connectivity index (χ1n) is 7.35. The molecule has 0 radical (unpaired) electrons. The van der Waals surface area contributed by atoms with Crippen molar-refractivity contribution in [2.45, 2.75) is 66.4 Å². The second kappa shape index (κ2) is 7.46. The molecule has 0 aromatic rings. The summed E-state index contributed by atoms with van der Waals surface area (Å²) in [7, 11) is 0. The van der Waals surface area contributed by atoms with E-state index in [1.807, 2.05) is 20.8 Å². The van der Waals surface area contributed by atoms with E-state index in [4.69, 9.17) is 4.74 Å². The highest BCUT2D eigenvalue weighted by Gasteiger charge is 2.42. The molecule has 0 aromatic heterocycles. The molecule has 1 fully saturated rings. The average Bonchev–Trinajstić information content (AvgIpc) is 2.33. The molecule has 20 heavy (non-hydrogen) atoms. The molecule has 1 heterocycles. The number of amides is 2. The van der Waals surface area contributed by atoms with Crippen LogP contribution in [0, 0.1) is 5.41 Å². The van der Waals surface area contributed by atoms with Gasteiger partial charge in [0, 0.05) is 6.54 Å². The van der Waals surface area contributed by atoms with Gasteiger partial charge in [-0.15, -0.1) is 6.58 Å². The molecule has 0 saturated carbocycles. The summed E-state index contributed by atoms with van der Waals surface area (Å²) < 4.78 is 5.26. The second-order valence-electron chi connectivity index (χ2n) is 6.09. The molecule has 1 aliphatic heterocycles. The molecule has 4 heteroatoms. The van der Waals surface area contributed by atoms with Crippen molar-refractivity contribution in [3.05, 3.63) is 12.7 Å². The van der Waals surface area contributed by atoms with Crippen LogP contribution >= 0.6 is 0 Å². The number of hydrogen-bond donors (Lipinski definition) is 0. The maximum absolute atomic E-state index is 12.3. The zero-order chi connectivity index (χ0) is 16.0. The van der Waals surface area contributed by atoms with Crippen LogP contribution in [0.15, 0.2) is 12.7 Å². The topological polar surface area (TPSA) is 46.6 Å². The summed E-state index contributed by atoms with van der Waals surface area (Å²) in [5.74, 6) is -0.150. The summed E-state index contributed by atoms with van der Waals surface area (Å²) in [6, 6.07) is 0. The summed E-state index contributed by atoms with van der Waals surface area (Å²) in [6.45, 7) is 15.4. The quantitative estimate of drug-likeness (QED) is 0.715. The van der Waals surface area contributed by atoms with Crippen LogP contribution in [0.25, 0.3) is 0 Å². The van der Waals surface area contributed by atoms with Gasteiger partial charge in [-0.25, -0.2) is 9.69 Å². The fourth-order valence-electron chi connectivity index (χ4n) is 2.16. The van der Waals surface area contributed by atoms with E-state index in [1.165, 1.54) is 4.90 Å². The number of likely N-dealkylation sites (tertiary alicyclic amines) is 1. The Labute approximate surface area is 123 Å². The van der Waals surface area contributed by atoms with Gasteiger partial charge in [-0.3, -0.25) is 4.79 Å². The van der Waals surface area contributed by atoms with Crippen molar-refractivity contribution in [3.63, 3.8) is 0 Å². The standard InChI is InChI=1S/C14H23NO3.C2H6/c1-6-8-14(5)9-7-10-15(11(14)16)12(17)18-13(2,3)4;1-2/h6H,1,7-10H2,2-5H3;1-2H3/t14-;/m1./s1. The van der Waals surface area contributed by atoms with Crippen LogP contribution in [0.3, 0.4) is 0 Å². The number of rotatable bonds is 2. The van der Waals surface area contributed by atoms with Crippen LogP contribution in [-0.2, 0) is 9.53 Å². The number of ether oxygens (including phenoxy) is 1. The molecular formula is C16H29NO3. The van der Waals surface area contributed by atoms with Crippen LogP contribution in [0.4, 0.5) is 4.79 Å². The van der Waals surface area contributed by atoms with E-state index in [0.717, 1.165) is 12.8 Å². The third-order valence-electron chi connectivity index (χ3n) is 3.08. The van der Waals surface area contributed by atoms with Gasteiger partial charge in [0.1, 0.15) is 5.60 Å². The van der Waals surface area contributed by atoms with E-state index in [1.54, 1.807) is 26.8 Å². The largest absolute Gasteiger partial charge is 0.443 e. The van der Waals surface area contributed by atoms with Gasteiger partial charge in [-0.05, 0) is 40.0 Å². The smallest absolute Gasteiger partial charge is 0.417 e. The van der Waals surface area contributed by atoms with Crippen molar-refractivity contribution < 1.29 is 14.3 Å². The molecule has 1 rings (SSSR count). The van der Waals surface area contributed by atoms with Crippen molar-refractivity contribution in [3.8, 4) is 0 Å². The Morgan fingerprint density at radius 3 is 2.45 bits per heavy atom. The Morgan fingerprint density at radius 1 is 1.45 bits per heavy atom. The fraction of sp³-hybridized carbons (Fsp3) is 0.750. The van der Waals surface area contributed by atoms with Crippen molar-refractivity contribution >= 4 is 12.0 Å². The number of nitrogens with zero attached hydrogens (tertiary/aromatic N) is 1. The Hall–Kier alpha value is -1.32. The van der Waals surface area contributed by atoms with E-state index < -0.39 is 17.1 Å². The number of hydrogen-bond acceptors (Lipinski definition) is 3. The predicted octanol–water partition coefficient (Wildman–Crippen LogP) is 4.15. The van der Waals surface area contributed by atoms with E-state index in [0.29, 0.717) is 13.0 Å². The van der Waals surface area contributed by atoms with Gasteiger partial charge in [0.25, 0.3) is 0 Å². The molecule has 1 atom stereocenters. The van der Waals surface area contributed by atoms with Crippen molar-refractivity contribution in [2.24, 2.45) is 5.41 Å². The highest BCUT2D eigenvalue weighted by molar-refractivity contribution is 5.96. The molecule has 0 bridgehead atoms. The SMILES string of the molecule is C=CC[C@]1(C)CCCN(C(=O)OC(C)(C)C)C1=O.CC. The molecule has 0 N–H and O–H groups in total. The minimum atomic E-state index is -0.580. The first-order chi connectivity index (χ1) is 9.19. The first-order valence-corrected chi connectivity index (χ1v) is 7.35. The zero-order valence-electron chi connectivity index (χ0n) is 13.8. The van der Waals surface area contributed by atoms with Crippen LogP contribution < -0.4 is 0 Å². The molecule has 2 amide bonds. The van der Waals surface area contributed by atoms with Gasteiger partial charge in [-0.1, -0.05) is 26.8 Å². The number of carbonyl (C=O) groups is 2. The molecule has 0 unspecified atom stereocenters. The highest BCUT2D eigenvalue weighted by atomic mass is 16.6. The Kier molecular flexibility index (Phi) is 6.97. The minimum absolute atomic E-state index is 0.150. The van der Waals surface area contributed by atoms with Gasteiger partial charge < -0.3 is 4.74 Å². The Bertz CT molecular complexity index is 357. The second-order valence-corrected chi connectivity index (χ2v) is 6.09. The van der Waals surface area contributed by atoms with Crippen LogP contribution in [0.5, 0.6) is 0 Å². The summed E-state index contributed by atoms with van der Waals surface area (Å²) in [5.41, 5.74) is -1.10. The maximum Gasteiger partial charge on any atom is 0.417 e. The van der Waals surface area contributed by atoms with Gasteiger partial charge >= 0.3 is 6.09 Å². The lowest BCUT2D eigenvalue weighted by atomic mass is 9.78. The molecule has 1 aliphatic rings. The first kappa shape index (κ1) is 18.7. The molecule has 1 saturated heterocycles. The van der Waals surface area contributed by atoms with E-state index in [-0.39, 0.29) is 5.91 Å². The molecule has 4 nitrogen and oxygen atoms in total. The minimum Gasteiger partial charge on any atom is -0.443 e. The lowest BCUT2D eigenvalue weighted by Crippen LogP contribution is -2.51. The fourth-order valence-corrected chi connectivity index (χ4v) is 2.16. The summed E-state index contributed by atoms with van der Waals surface area (Å²) in [4.78, 5) is 25.5. The van der Waals surface area contributed by atoms with Crippen LogP contribution in [0.1, 0.15) is 60.8 Å². The van der Waals surface area contributed by atoms with Crippen molar-refractivity contribution in [1.29, 1.82) is 0 Å². The average molecular weight is 283 g/mol. The lowest BCUT2D eigenvalue weighted by Gasteiger charge is -2.38. The molecule has 0 aliphatic carbocycles. The Balaban J connectivity index is 0.00000172. The van der Waals surface area contributed by atoms with Crippen LogP contribution in [0.2, 0.25) is 0 Å². The highest BCUT2D eigenvalue weighted by Crippen LogP contribution is 2.35. The maximum atomic E-state index is 12.3. The monoisotopic (exact) mass is 283 g/mol. The normalized spacial score (nSPS) is 22.7. The van der Waals surface area contributed by atoms with Gasteiger partial charge in [-0.2, -0.15) is 0 Å². The third-order valence-corrected chi connectivity index (χ3v) is 3.08. The van der Waals surface area contributed by atoms with Gasteiger partial charge in [0.2, 0.25) is 5.91 Å². The zero-order valence-corrected chi connectivity index (χ0v) is 13.8. The number of imide groups is 1. The van der Waals surface area contributed by atoms with Gasteiger partial charge in [0.05, 0.1) is 5.41 Å². The van der Waals surface area contributed by atoms with E-state index in [9.17, 15) is 9.59 Å². The Morgan fingerprint density at radius 2 is 2.00 bits per heavy atom. The van der Waals surface area contributed by atoms with E-state index >= 15 is 0 Å². The molecular weight excluding hydrogens is 254 g/mol.